The van der Waals surface area contributed by atoms with E-state index in [0.29, 0.717) is 27.3 Å². The van der Waals surface area contributed by atoms with E-state index < -0.39 is 34.0 Å². The van der Waals surface area contributed by atoms with Gasteiger partial charge in [-0.25, -0.2) is 0 Å². The average molecular weight is 646 g/mol. The van der Waals surface area contributed by atoms with Crippen molar-refractivity contribution in [3.63, 3.8) is 0 Å². The van der Waals surface area contributed by atoms with Crippen LogP contribution in [0, 0.1) is 21.4 Å². The monoisotopic (exact) mass is 643 g/mol. The van der Waals surface area contributed by atoms with Crippen molar-refractivity contribution < 1.29 is 27.6 Å². The molecule has 0 bridgehead atoms. The fourth-order valence-corrected chi connectivity index (χ4v) is 4.33. The topological polar surface area (TPSA) is 105 Å². The molecule has 0 aromatic heterocycles. The highest BCUT2D eigenvalue weighted by Gasteiger charge is 2.33. The second-order valence-electron chi connectivity index (χ2n) is 6.98. The van der Waals surface area contributed by atoms with E-state index >= 15 is 0 Å². The van der Waals surface area contributed by atoms with E-state index in [4.69, 9.17) is 16.3 Å². The number of carbonyl (C=O) groups excluding carboxylic acids is 1. The van der Waals surface area contributed by atoms with Crippen LogP contribution in [0.2, 0.25) is 5.02 Å². The lowest BCUT2D eigenvalue weighted by Crippen LogP contribution is -2.13. The predicted octanol–water partition coefficient (Wildman–Crippen LogP) is 8.13. The number of nitriles is 1. The number of alkyl halides is 3. The quantitative estimate of drug-likeness (QED) is 0.126. The summed E-state index contributed by atoms with van der Waals surface area (Å²) in [6.45, 7) is 0. The number of nitro benzene ring substituents is 1. The maximum absolute atomic E-state index is 13.0. The number of benzene rings is 3. The Morgan fingerprint density at radius 1 is 1.14 bits per heavy atom. The summed E-state index contributed by atoms with van der Waals surface area (Å²) in [6.07, 6.45) is -3.62. The van der Waals surface area contributed by atoms with Gasteiger partial charge in [0.1, 0.15) is 17.4 Å². The Labute approximate surface area is 223 Å². The minimum Gasteiger partial charge on any atom is -0.448 e. The molecule has 0 aliphatic heterocycles. The van der Waals surface area contributed by atoms with Crippen molar-refractivity contribution >= 4 is 66.8 Å². The molecule has 0 saturated carbocycles. The highest BCUT2D eigenvalue weighted by molar-refractivity contribution is 9.11. The van der Waals surface area contributed by atoms with Crippen LogP contribution in [0.5, 0.6) is 11.5 Å². The van der Waals surface area contributed by atoms with Gasteiger partial charge in [-0.3, -0.25) is 14.9 Å². The van der Waals surface area contributed by atoms with Gasteiger partial charge in [-0.15, -0.1) is 0 Å². The van der Waals surface area contributed by atoms with Crippen molar-refractivity contribution in [2.24, 2.45) is 0 Å². The van der Waals surface area contributed by atoms with Gasteiger partial charge in [0.15, 0.2) is 0 Å². The first-order valence-electron chi connectivity index (χ1n) is 9.60. The molecule has 13 heteroatoms. The van der Waals surface area contributed by atoms with E-state index in [0.717, 1.165) is 6.07 Å². The van der Waals surface area contributed by atoms with Gasteiger partial charge in [-0.1, -0.05) is 27.5 Å². The number of rotatable bonds is 6. The number of carbonyl (C=O) groups is 1. The number of nitro groups is 1. The normalized spacial score (nSPS) is 11.5. The molecule has 3 aromatic carbocycles. The minimum atomic E-state index is -4.80. The summed E-state index contributed by atoms with van der Waals surface area (Å²) in [4.78, 5) is 23.1. The summed E-state index contributed by atoms with van der Waals surface area (Å²) in [5.74, 6) is -1.31. The van der Waals surface area contributed by atoms with Crippen LogP contribution in [0.4, 0.5) is 24.5 Å². The maximum atomic E-state index is 13.0. The van der Waals surface area contributed by atoms with Crippen LogP contribution in [-0.4, -0.2) is 10.8 Å². The molecule has 0 heterocycles. The maximum Gasteiger partial charge on any atom is 0.416 e. The second kappa shape index (κ2) is 11.1. The molecule has 0 atom stereocenters. The van der Waals surface area contributed by atoms with Gasteiger partial charge in [0.05, 0.1) is 15.0 Å². The average Bonchev–Trinajstić information content (AvgIpc) is 2.80. The molecule has 7 nitrogen and oxygen atoms in total. The van der Waals surface area contributed by atoms with Crippen LogP contribution in [0.15, 0.2) is 69.1 Å². The molecule has 0 unspecified atom stereocenters. The fourth-order valence-electron chi connectivity index (χ4n) is 2.86. The van der Waals surface area contributed by atoms with Crippen molar-refractivity contribution in [2.75, 3.05) is 5.32 Å². The number of hydrogen-bond donors (Lipinski definition) is 1. The third kappa shape index (κ3) is 6.63. The first kappa shape index (κ1) is 27.2. The number of anilines is 1. The molecule has 1 amide bonds. The van der Waals surface area contributed by atoms with Gasteiger partial charge < -0.3 is 10.1 Å². The minimum absolute atomic E-state index is 0.0758. The Hall–Kier alpha value is -3.40. The molecule has 0 fully saturated rings. The Morgan fingerprint density at radius 3 is 2.39 bits per heavy atom. The van der Waals surface area contributed by atoms with Crippen LogP contribution in [0.25, 0.3) is 6.08 Å². The third-order valence-corrected chi connectivity index (χ3v) is 5.80. The summed E-state index contributed by atoms with van der Waals surface area (Å²) < 4.78 is 45.5. The van der Waals surface area contributed by atoms with Crippen LogP contribution < -0.4 is 10.1 Å². The van der Waals surface area contributed by atoms with E-state index in [1.165, 1.54) is 30.3 Å². The van der Waals surface area contributed by atoms with Crippen molar-refractivity contribution in [3.05, 3.63) is 95.4 Å². The van der Waals surface area contributed by atoms with Crippen molar-refractivity contribution in [3.8, 4) is 17.6 Å². The third-order valence-electron chi connectivity index (χ3n) is 4.50. The van der Waals surface area contributed by atoms with Crippen LogP contribution >= 0.6 is 43.5 Å². The number of hydrogen-bond acceptors (Lipinski definition) is 5. The molecule has 0 spiro atoms. The van der Waals surface area contributed by atoms with E-state index in [9.17, 15) is 33.3 Å². The lowest BCUT2D eigenvalue weighted by molar-refractivity contribution is -0.385. The van der Waals surface area contributed by atoms with Gasteiger partial charge in [-0.2, -0.15) is 18.4 Å². The van der Waals surface area contributed by atoms with Crippen molar-refractivity contribution in [2.45, 2.75) is 6.18 Å². The molecule has 0 aliphatic carbocycles. The highest BCUT2D eigenvalue weighted by atomic mass is 79.9. The molecule has 0 radical (unpaired) electrons. The Morgan fingerprint density at radius 2 is 1.81 bits per heavy atom. The molecular formula is C23H11Br2ClF3N3O4. The van der Waals surface area contributed by atoms with Gasteiger partial charge in [0.25, 0.3) is 5.91 Å². The van der Waals surface area contributed by atoms with Gasteiger partial charge in [-0.05, 0) is 70.5 Å². The van der Waals surface area contributed by atoms with Crippen LogP contribution in [0.1, 0.15) is 11.1 Å². The summed E-state index contributed by atoms with van der Waals surface area (Å²) >= 11 is 12.3. The molecule has 0 aliphatic rings. The van der Waals surface area contributed by atoms with E-state index in [-0.39, 0.29) is 21.4 Å². The van der Waals surface area contributed by atoms with Crippen molar-refractivity contribution in [1.82, 2.24) is 0 Å². The zero-order valence-corrected chi connectivity index (χ0v) is 21.5. The summed E-state index contributed by atoms with van der Waals surface area (Å²) in [5.41, 5.74) is -1.98. The summed E-state index contributed by atoms with van der Waals surface area (Å²) in [7, 11) is 0. The summed E-state index contributed by atoms with van der Waals surface area (Å²) in [6, 6.07) is 12.7. The Balaban J connectivity index is 2.04. The molecule has 0 saturated heterocycles. The zero-order chi connectivity index (χ0) is 26.6. The smallest absolute Gasteiger partial charge is 0.416 e. The molecule has 1 N–H and O–H groups in total. The van der Waals surface area contributed by atoms with E-state index in [1.54, 1.807) is 18.2 Å². The van der Waals surface area contributed by atoms with Gasteiger partial charge in [0, 0.05) is 26.8 Å². The van der Waals surface area contributed by atoms with E-state index in [2.05, 4.69) is 37.2 Å². The molecule has 3 rings (SSSR count). The lowest BCUT2D eigenvalue weighted by Gasteiger charge is -2.14. The first-order valence-corrected chi connectivity index (χ1v) is 11.6. The number of halogens is 6. The number of amides is 1. The van der Waals surface area contributed by atoms with Gasteiger partial charge in [0.2, 0.25) is 5.75 Å². The Bertz CT molecular complexity index is 1420. The molecule has 36 heavy (non-hydrogen) atoms. The second-order valence-corrected chi connectivity index (χ2v) is 9.18. The largest absolute Gasteiger partial charge is 0.448 e. The number of nitrogens with one attached hydrogen (secondary N) is 1. The van der Waals surface area contributed by atoms with E-state index in [1.807, 2.05) is 0 Å². The predicted molar refractivity (Wildman–Crippen MR) is 134 cm³/mol. The fraction of sp³-hybridized carbons (Fsp3) is 0.0435. The highest BCUT2D eigenvalue weighted by Crippen LogP contribution is 2.42. The first-order chi connectivity index (χ1) is 16.9. The number of nitrogens with zero attached hydrogens (tertiary/aromatic N) is 2. The molecule has 3 aromatic rings. The molecular weight excluding hydrogens is 635 g/mol. The number of ether oxygens (including phenoxy) is 1. The zero-order valence-electron chi connectivity index (χ0n) is 17.6. The SMILES string of the molecule is N#C/C(=C\c1cc(Br)cc(Br)c1Oc1ccc(C(F)(F)F)cc1[N+](=O)[O-])C(=O)Nc1ccc(Cl)cc1. The van der Waals surface area contributed by atoms with Crippen LogP contribution in [0.3, 0.4) is 0 Å². The lowest BCUT2D eigenvalue weighted by atomic mass is 10.1. The van der Waals surface area contributed by atoms with Crippen molar-refractivity contribution in [1.29, 1.82) is 5.26 Å². The van der Waals surface area contributed by atoms with Crippen LogP contribution in [-0.2, 0) is 11.0 Å². The molecule has 184 valence electrons. The summed E-state index contributed by atoms with van der Waals surface area (Å²) in [5, 5.41) is 24.0. The van der Waals surface area contributed by atoms with Gasteiger partial charge >= 0.3 is 11.9 Å². The standard InChI is InChI=1S/C23H11Br2ClF3N3O4/c24-15-8-12(7-13(11-30)22(33)31-17-4-2-16(26)3-5-17)21(18(25)10-15)36-20-6-1-14(23(27,28)29)9-19(20)32(34)35/h1-10H,(H,31,33)/b13-7+. The Kier molecular flexibility index (Phi) is 8.39.